The maximum Gasteiger partial charge on any atom is 0.254 e. The van der Waals surface area contributed by atoms with Crippen molar-refractivity contribution in [3.05, 3.63) is 33.4 Å². The van der Waals surface area contributed by atoms with E-state index < -0.39 is 0 Å². The molecule has 2 atom stereocenters. The van der Waals surface area contributed by atoms with Gasteiger partial charge in [-0.25, -0.2) is 0 Å². The molecule has 0 bridgehead atoms. The zero-order valence-corrected chi connectivity index (χ0v) is 13.3. The van der Waals surface area contributed by atoms with Gasteiger partial charge in [0.05, 0.1) is 0 Å². The first-order valence-corrected chi connectivity index (χ1v) is 8.03. The van der Waals surface area contributed by atoms with Crippen LogP contribution < -0.4 is 0 Å². The summed E-state index contributed by atoms with van der Waals surface area (Å²) in [7, 11) is 0. The molecule has 0 N–H and O–H groups in total. The van der Waals surface area contributed by atoms with Gasteiger partial charge in [0, 0.05) is 34.3 Å². The molecule has 1 aromatic rings. The Morgan fingerprint density at radius 2 is 2.21 bits per heavy atom. The summed E-state index contributed by atoms with van der Waals surface area (Å²) in [6.45, 7) is 5.30. The van der Waals surface area contributed by atoms with Gasteiger partial charge in [0.15, 0.2) is 0 Å². The van der Waals surface area contributed by atoms with Crippen LogP contribution in [0.15, 0.2) is 24.3 Å². The highest BCUT2D eigenvalue weighted by Crippen LogP contribution is 2.25. The maximum atomic E-state index is 12.7. The zero-order chi connectivity index (χ0) is 13.4. The molecule has 2 saturated heterocycles. The molecular weight excluding hydrogens is 351 g/mol. The maximum absolute atomic E-state index is 12.7. The van der Waals surface area contributed by atoms with Crippen LogP contribution in [0.1, 0.15) is 30.1 Å². The van der Waals surface area contributed by atoms with Crippen LogP contribution >= 0.6 is 22.6 Å². The number of fused-ring (bicyclic) bond motifs is 1. The summed E-state index contributed by atoms with van der Waals surface area (Å²) in [6.07, 6.45) is 2.52. The molecule has 0 radical (unpaired) electrons. The van der Waals surface area contributed by atoms with Gasteiger partial charge >= 0.3 is 0 Å². The number of carbonyl (C=O) groups excluding carboxylic acids is 1. The molecule has 1 aromatic carbocycles. The molecule has 2 aliphatic rings. The van der Waals surface area contributed by atoms with Gasteiger partial charge in [-0.2, -0.15) is 0 Å². The lowest BCUT2D eigenvalue weighted by molar-refractivity contribution is 0.0395. The third kappa shape index (κ3) is 2.65. The van der Waals surface area contributed by atoms with Crippen molar-refractivity contribution in [1.29, 1.82) is 0 Å². The van der Waals surface area contributed by atoms with E-state index in [2.05, 4.69) is 39.3 Å². The summed E-state index contributed by atoms with van der Waals surface area (Å²) in [5, 5.41) is 0. The van der Waals surface area contributed by atoms with Gasteiger partial charge in [0.1, 0.15) is 0 Å². The molecule has 3 nitrogen and oxygen atoms in total. The summed E-state index contributed by atoms with van der Waals surface area (Å²) in [6, 6.07) is 8.80. The van der Waals surface area contributed by atoms with Gasteiger partial charge in [-0.15, -0.1) is 0 Å². The van der Waals surface area contributed by atoms with Crippen molar-refractivity contribution in [3.63, 3.8) is 0 Å². The second-order valence-corrected chi connectivity index (χ2v) is 6.85. The Bertz CT molecular complexity index is 491. The SMILES string of the molecule is CC1CN2CCCC2CN1C(=O)c1cccc(I)c1. The Balaban J connectivity index is 1.79. The summed E-state index contributed by atoms with van der Waals surface area (Å²) < 4.78 is 1.12. The number of rotatable bonds is 1. The first kappa shape index (κ1) is 13.4. The minimum Gasteiger partial charge on any atom is -0.333 e. The molecule has 4 heteroatoms. The molecule has 2 unspecified atom stereocenters. The van der Waals surface area contributed by atoms with E-state index in [1.807, 2.05) is 24.3 Å². The molecule has 2 aliphatic heterocycles. The van der Waals surface area contributed by atoms with Crippen LogP contribution in [0, 0.1) is 3.57 Å². The quantitative estimate of drug-likeness (QED) is 0.710. The first-order chi connectivity index (χ1) is 9.15. The standard InChI is InChI=1S/C15H19IN2O/c1-11-9-17-7-3-6-14(17)10-18(11)15(19)12-4-2-5-13(16)8-12/h2,4-5,8,11,14H,3,6-7,9-10H2,1H3. The fraction of sp³-hybridized carbons (Fsp3) is 0.533. The van der Waals surface area contributed by atoms with E-state index >= 15 is 0 Å². The van der Waals surface area contributed by atoms with Crippen molar-refractivity contribution in [3.8, 4) is 0 Å². The minimum atomic E-state index is 0.192. The number of nitrogens with zero attached hydrogens (tertiary/aromatic N) is 2. The van der Waals surface area contributed by atoms with E-state index in [9.17, 15) is 4.79 Å². The van der Waals surface area contributed by atoms with Crippen LogP contribution in [-0.2, 0) is 0 Å². The number of piperazine rings is 1. The first-order valence-electron chi connectivity index (χ1n) is 6.96. The van der Waals surface area contributed by atoms with E-state index in [1.54, 1.807) is 0 Å². The highest BCUT2D eigenvalue weighted by Gasteiger charge is 2.36. The number of halogens is 1. The number of amides is 1. The molecule has 3 rings (SSSR count). The third-order valence-corrected chi connectivity index (χ3v) is 4.94. The lowest BCUT2D eigenvalue weighted by atomic mass is 10.1. The van der Waals surface area contributed by atoms with E-state index in [4.69, 9.17) is 0 Å². The average molecular weight is 370 g/mol. The Hall–Kier alpha value is -0.620. The molecule has 102 valence electrons. The topological polar surface area (TPSA) is 23.6 Å². The normalized spacial score (nSPS) is 27.4. The summed E-state index contributed by atoms with van der Waals surface area (Å²) in [5.41, 5.74) is 0.824. The predicted molar refractivity (Wildman–Crippen MR) is 84.3 cm³/mol. The molecular formula is C15H19IN2O. The fourth-order valence-electron chi connectivity index (χ4n) is 3.26. The van der Waals surface area contributed by atoms with Crippen molar-refractivity contribution in [2.45, 2.75) is 31.8 Å². The molecule has 0 aliphatic carbocycles. The monoisotopic (exact) mass is 370 g/mol. The minimum absolute atomic E-state index is 0.192. The Kier molecular flexibility index (Phi) is 3.80. The van der Waals surface area contributed by atoms with Crippen LogP contribution in [0.3, 0.4) is 0 Å². The van der Waals surface area contributed by atoms with Crippen LogP contribution in [0.4, 0.5) is 0 Å². The van der Waals surface area contributed by atoms with Gasteiger partial charge in [-0.05, 0) is 67.1 Å². The van der Waals surface area contributed by atoms with E-state index in [0.29, 0.717) is 12.1 Å². The largest absolute Gasteiger partial charge is 0.333 e. The van der Waals surface area contributed by atoms with Crippen LogP contribution in [0.25, 0.3) is 0 Å². The molecule has 2 heterocycles. The highest BCUT2D eigenvalue weighted by molar-refractivity contribution is 14.1. The van der Waals surface area contributed by atoms with E-state index in [0.717, 1.165) is 22.2 Å². The number of hydrogen-bond acceptors (Lipinski definition) is 2. The van der Waals surface area contributed by atoms with Crippen molar-refractivity contribution >= 4 is 28.5 Å². The Morgan fingerprint density at radius 3 is 3.00 bits per heavy atom. The lowest BCUT2D eigenvalue weighted by Crippen LogP contribution is -2.56. The van der Waals surface area contributed by atoms with E-state index in [1.165, 1.54) is 19.4 Å². The van der Waals surface area contributed by atoms with Crippen molar-refractivity contribution < 1.29 is 4.79 Å². The molecule has 0 spiro atoms. The second-order valence-electron chi connectivity index (χ2n) is 5.61. The smallest absolute Gasteiger partial charge is 0.254 e. The summed E-state index contributed by atoms with van der Waals surface area (Å²) in [5.74, 6) is 0.192. The molecule has 2 fully saturated rings. The summed E-state index contributed by atoms with van der Waals surface area (Å²) in [4.78, 5) is 17.3. The van der Waals surface area contributed by atoms with E-state index in [-0.39, 0.29) is 5.91 Å². The Morgan fingerprint density at radius 1 is 1.37 bits per heavy atom. The molecule has 0 aromatic heterocycles. The Labute approximate surface area is 128 Å². The average Bonchev–Trinajstić information content (AvgIpc) is 2.84. The van der Waals surface area contributed by atoms with Gasteiger partial charge in [0.25, 0.3) is 5.91 Å². The van der Waals surface area contributed by atoms with Gasteiger partial charge in [-0.1, -0.05) is 6.07 Å². The third-order valence-electron chi connectivity index (χ3n) is 4.27. The molecule has 1 amide bonds. The van der Waals surface area contributed by atoms with Crippen LogP contribution in [-0.4, -0.2) is 47.4 Å². The molecule has 0 saturated carbocycles. The number of benzene rings is 1. The fourth-order valence-corrected chi connectivity index (χ4v) is 3.80. The zero-order valence-electron chi connectivity index (χ0n) is 11.2. The van der Waals surface area contributed by atoms with Crippen molar-refractivity contribution in [2.24, 2.45) is 0 Å². The van der Waals surface area contributed by atoms with Gasteiger partial charge in [0.2, 0.25) is 0 Å². The van der Waals surface area contributed by atoms with Crippen LogP contribution in [0.5, 0.6) is 0 Å². The highest BCUT2D eigenvalue weighted by atomic mass is 127. The lowest BCUT2D eigenvalue weighted by Gasteiger charge is -2.42. The number of hydrogen-bond donors (Lipinski definition) is 0. The van der Waals surface area contributed by atoms with Crippen molar-refractivity contribution in [2.75, 3.05) is 19.6 Å². The van der Waals surface area contributed by atoms with Crippen molar-refractivity contribution in [1.82, 2.24) is 9.80 Å². The number of carbonyl (C=O) groups is 1. The second kappa shape index (κ2) is 5.40. The molecule has 19 heavy (non-hydrogen) atoms. The summed E-state index contributed by atoms with van der Waals surface area (Å²) >= 11 is 2.26. The van der Waals surface area contributed by atoms with Gasteiger partial charge < -0.3 is 4.90 Å². The predicted octanol–water partition coefficient (Wildman–Crippen LogP) is 2.60. The van der Waals surface area contributed by atoms with Gasteiger partial charge in [-0.3, -0.25) is 9.69 Å². The van der Waals surface area contributed by atoms with Crippen LogP contribution in [0.2, 0.25) is 0 Å².